The molecule has 0 aromatic heterocycles. The number of unbranched alkanes of at least 4 members (excludes halogenated alkanes) is 3. The molecule has 68 valence electrons. The topological polar surface area (TPSA) is 37.3 Å². The van der Waals surface area contributed by atoms with E-state index in [0.717, 1.165) is 12.7 Å². The van der Waals surface area contributed by atoms with Gasteiger partial charge in [-0.15, -0.1) is 0 Å². The van der Waals surface area contributed by atoms with Crippen LogP contribution in [0, 0.1) is 0 Å². The van der Waals surface area contributed by atoms with Crippen LogP contribution in [0.15, 0.2) is 0 Å². The average molecular weight is 178 g/mol. The zero-order chi connectivity index (χ0) is 9.11. The predicted octanol–water partition coefficient (Wildman–Crippen LogP) is 2.59. The summed E-state index contributed by atoms with van der Waals surface area (Å²) in [6.07, 6.45) is 5.35. The first kappa shape index (κ1) is 13.4. The average Bonchev–Trinajstić information content (AvgIpc) is 1.88. The number of rotatable bonds is 4. The number of hydrogen-bond donors (Lipinski definition) is 2. The summed E-state index contributed by atoms with van der Waals surface area (Å²) < 4.78 is 0. The van der Waals surface area contributed by atoms with Crippen molar-refractivity contribution in [2.24, 2.45) is 0 Å². The summed E-state index contributed by atoms with van der Waals surface area (Å²) in [5.41, 5.74) is 0. The summed E-state index contributed by atoms with van der Waals surface area (Å²) >= 11 is 4.09. The fourth-order valence-electron chi connectivity index (χ4n) is 0.539. The SMILES string of the molecule is CC(=O)O.CCCCCCS. The molecule has 0 spiro atoms. The lowest BCUT2D eigenvalue weighted by Gasteiger charge is -1.90. The van der Waals surface area contributed by atoms with Crippen LogP contribution in [0.1, 0.15) is 39.5 Å². The highest BCUT2D eigenvalue weighted by Crippen LogP contribution is 1.98. The van der Waals surface area contributed by atoms with Crippen molar-refractivity contribution in [2.45, 2.75) is 39.5 Å². The molecular weight excluding hydrogens is 160 g/mol. The Morgan fingerprint density at radius 1 is 1.36 bits per heavy atom. The minimum Gasteiger partial charge on any atom is -0.481 e. The van der Waals surface area contributed by atoms with E-state index in [1.54, 1.807) is 0 Å². The summed E-state index contributed by atoms with van der Waals surface area (Å²) in [6.45, 7) is 3.30. The molecule has 0 aromatic carbocycles. The minimum atomic E-state index is -0.833. The number of carboxylic acid groups (broad SMARTS) is 1. The largest absolute Gasteiger partial charge is 0.481 e. The van der Waals surface area contributed by atoms with Crippen molar-refractivity contribution in [1.82, 2.24) is 0 Å². The number of carbonyl (C=O) groups is 1. The summed E-state index contributed by atoms with van der Waals surface area (Å²) in [5.74, 6) is 0.222. The lowest BCUT2D eigenvalue weighted by Crippen LogP contribution is -1.78. The second-order valence-electron chi connectivity index (χ2n) is 2.30. The van der Waals surface area contributed by atoms with E-state index < -0.39 is 5.97 Å². The summed E-state index contributed by atoms with van der Waals surface area (Å²) in [5, 5.41) is 7.42. The van der Waals surface area contributed by atoms with Crippen molar-refractivity contribution < 1.29 is 9.90 Å². The Hall–Kier alpha value is -0.180. The van der Waals surface area contributed by atoms with Gasteiger partial charge in [-0.05, 0) is 12.2 Å². The molecule has 0 heterocycles. The molecule has 2 nitrogen and oxygen atoms in total. The molecule has 0 aliphatic rings. The zero-order valence-corrected chi connectivity index (χ0v) is 8.23. The maximum Gasteiger partial charge on any atom is 0.300 e. The molecule has 0 aliphatic heterocycles. The van der Waals surface area contributed by atoms with Gasteiger partial charge in [0.25, 0.3) is 5.97 Å². The Labute approximate surface area is 74.4 Å². The van der Waals surface area contributed by atoms with E-state index in [-0.39, 0.29) is 0 Å². The van der Waals surface area contributed by atoms with Crippen LogP contribution in [-0.4, -0.2) is 16.8 Å². The normalized spacial score (nSPS) is 8.27. The summed E-state index contributed by atoms with van der Waals surface area (Å²) in [6, 6.07) is 0. The Kier molecular flexibility index (Phi) is 15.2. The molecule has 0 atom stereocenters. The molecule has 0 radical (unpaired) electrons. The molecule has 0 saturated carbocycles. The molecule has 0 bridgehead atoms. The second kappa shape index (κ2) is 12.5. The summed E-state index contributed by atoms with van der Waals surface area (Å²) in [4.78, 5) is 9.00. The van der Waals surface area contributed by atoms with Gasteiger partial charge in [0.1, 0.15) is 0 Å². The maximum atomic E-state index is 9.00. The lowest BCUT2D eigenvalue weighted by molar-refractivity contribution is -0.134. The number of thiol groups is 1. The Morgan fingerprint density at radius 3 is 2.09 bits per heavy atom. The molecule has 11 heavy (non-hydrogen) atoms. The fraction of sp³-hybridized carbons (Fsp3) is 0.875. The van der Waals surface area contributed by atoms with Crippen LogP contribution in [0.5, 0.6) is 0 Å². The Morgan fingerprint density at radius 2 is 1.82 bits per heavy atom. The van der Waals surface area contributed by atoms with E-state index in [4.69, 9.17) is 9.90 Å². The van der Waals surface area contributed by atoms with Crippen LogP contribution in [0.3, 0.4) is 0 Å². The molecule has 3 heteroatoms. The molecule has 0 unspecified atom stereocenters. The van der Waals surface area contributed by atoms with Gasteiger partial charge in [-0.3, -0.25) is 4.79 Å². The van der Waals surface area contributed by atoms with Crippen molar-refractivity contribution in [3.63, 3.8) is 0 Å². The Balaban J connectivity index is 0. The first-order valence-corrected chi connectivity index (χ1v) is 4.58. The first-order valence-electron chi connectivity index (χ1n) is 3.95. The molecule has 0 aromatic rings. The van der Waals surface area contributed by atoms with Crippen LogP contribution in [0.2, 0.25) is 0 Å². The van der Waals surface area contributed by atoms with Crippen molar-refractivity contribution >= 4 is 18.6 Å². The lowest BCUT2D eigenvalue weighted by atomic mass is 10.2. The van der Waals surface area contributed by atoms with Crippen LogP contribution in [0.25, 0.3) is 0 Å². The van der Waals surface area contributed by atoms with Gasteiger partial charge >= 0.3 is 0 Å². The minimum absolute atomic E-state index is 0.833. The standard InChI is InChI=1S/C6H14S.C2H4O2/c1-2-3-4-5-6-7;1-2(3)4/h7H,2-6H2,1H3;1H3,(H,3,4). The van der Waals surface area contributed by atoms with Gasteiger partial charge < -0.3 is 5.11 Å². The van der Waals surface area contributed by atoms with Crippen molar-refractivity contribution in [3.05, 3.63) is 0 Å². The highest BCUT2D eigenvalue weighted by atomic mass is 32.1. The second-order valence-corrected chi connectivity index (χ2v) is 2.75. The fourth-order valence-corrected chi connectivity index (χ4v) is 0.762. The van der Waals surface area contributed by atoms with E-state index >= 15 is 0 Å². The van der Waals surface area contributed by atoms with Gasteiger partial charge in [0, 0.05) is 6.92 Å². The molecule has 0 saturated heterocycles. The van der Waals surface area contributed by atoms with Gasteiger partial charge in [0.05, 0.1) is 0 Å². The van der Waals surface area contributed by atoms with Gasteiger partial charge in [-0.1, -0.05) is 26.2 Å². The van der Waals surface area contributed by atoms with Gasteiger partial charge in [-0.2, -0.15) is 12.6 Å². The molecule has 0 fully saturated rings. The number of carboxylic acids is 1. The third-order valence-electron chi connectivity index (χ3n) is 1.01. The van der Waals surface area contributed by atoms with Crippen molar-refractivity contribution in [1.29, 1.82) is 0 Å². The quantitative estimate of drug-likeness (QED) is 0.513. The van der Waals surface area contributed by atoms with E-state index in [1.807, 2.05) is 0 Å². The number of aliphatic carboxylic acids is 1. The summed E-state index contributed by atoms with van der Waals surface area (Å²) in [7, 11) is 0. The Bertz CT molecular complexity index is 76.2. The van der Waals surface area contributed by atoms with E-state index in [0.29, 0.717) is 0 Å². The zero-order valence-electron chi connectivity index (χ0n) is 7.34. The van der Waals surface area contributed by atoms with Crippen LogP contribution >= 0.6 is 12.6 Å². The van der Waals surface area contributed by atoms with Crippen LogP contribution < -0.4 is 0 Å². The maximum absolute atomic E-state index is 9.00. The van der Waals surface area contributed by atoms with Gasteiger partial charge in [0.15, 0.2) is 0 Å². The third-order valence-corrected chi connectivity index (χ3v) is 1.33. The monoisotopic (exact) mass is 178 g/mol. The highest BCUT2D eigenvalue weighted by molar-refractivity contribution is 7.80. The molecule has 0 aliphatic carbocycles. The highest BCUT2D eigenvalue weighted by Gasteiger charge is 1.80. The van der Waals surface area contributed by atoms with E-state index in [1.165, 1.54) is 25.7 Å². The van der Waals surface area contributed by atoms with Crippen molar-refractivity contribution in [3.8, 4) is 0 Å². The first-order chi connectivity index (χ1) is 5.15. The van der Waals surface area contributed by atoms with Gasteiger partial charge in [-0.25, -0.2) is 0 Å². The van der Waals surface area contributed by atoms with E-state index in [9.17, 15) is 0 Å². The van der Waals surface area contributed by atoms with Crippen LogP contribution in [0.4, 0.5) is 0 Å². The third kappa shape index (κ3) is 41.2. The molecule has 0 rings (SSSR count). The van der Waals surface area contributed by atoms with Crippen molar-refractivity contribution in [2.75, 3.05) is 5.75 Å². The molecule has 1 N–H and O–H groups in total. The van der Waals surface area contributed by atoms with Crippen LogP contribution in [-0.2, 0) is 4.79 Å². The smallest absolute Gasteiger partial charge is 0.300 e. The number of hydrogen-bond acceptors (Lipinski definition) is 2. The molecular formula is C8H18O2S. The van der Waals surface area contributed by atoms with E-state index in [2.05, 4.69) is 19.6 Å². The van der Waals surface area contributed by atoms with Gasteiger partial charge in [0.2, 0.25) is 0 Å². The molecule has 0 amide bonds. The predicted molar refractivity (Wildman–Crippen MR) is 51.3 cm³/mol.